The smallest absolute Gasteiger partial charge is 0.268 e. The molecule has 6 heteroatoms. The van der Waals surface area contributed by atoms with E-state index in [-0.39, 0.29) is 17.7 Å². The standard InChI is InChI=1S/C24H23N3O2S/c1-16-8-9-21-20(12-16)24(27(10-11-30-24)22(28)19-6-3-7-19)23(29)26(21)15-18-5-2-4-17(13-18)14-25/h2,4-5,8-9,12-13,19H,3,6-7,10-11,15H2,1H3. The van der Waals surface area contributed by atoms with Crippen molar-refractivity contribution in [3.8, 4) is 6.07 Å². The van der Waals surface area contributed by atoms with Gasteiger partial charge in [-0.3, -0.25) is 9.59 Å². The van der Waals surface area contributed by atoms with Crippen LogP contribution in [-0.2, 0) is 21.0 Å². The van der Waals surface area contributed by atoms with Crippen LogP contribution in [0.5, 0.6) is 0 Å². The number of aryl methyl sites for hydroxylation is 1. The Labute approximate surface area is 180 Å². The number of hydrogen-bond donors (Lipinski definition) is 0. The van der Waals surface area contributed by atoms with E-state index in [1.165, 1.54) is 0 Å². The summed E-state index contributed by atoms with van der Waals surface area (Å²) in [7, 11) is 0. The van der Waals surface area contributed by atoms with Crippen molar-refractivity contribution in [2.75, 3.05) is 17.2 Å². The zero-order valence-corrected chi connectivity index (χ0v) is 17.7. The highest BCUT2D eigenvalue weighted by molar-refractivity contribution is 8.01. The molecule has 2 aromatic rings. The van der Waals surface area contributed by atoms with E-state index in [0.717, 1.165) is 47.4 Å². The van der Waals surface area contributed by atoms with Crippen molar-refractivity contribution in [1.82, 2.24) is 4.90 Å². The van der Waals surface area contributed by atoms with Crippen LogP contribution in [-0.4, -0.2) is 29.0 Å². The van der Waals surface area contributed by atoms with E-state index in [4.69, 9.17) is 0 Å². The Kier molecular flexibility index (Phi) is 4.59. The molecule has 0 N–H and O–H groups in total. The summed E-state index contributed by atoms with van der Waals surface area (Å²) >= 11 is 1.58. The second-order valence-electron chi connectivity index (χ2n) is 8.33. The number of anilines is 1. The minimum atomic E-state index is -0.957. The number of nitriles is 1. The van der Waals surface area contributed by atoms with E-state index >= 15 is 0 Å². The lowest BCUT2D eigenvalue weighted by atomic mass is 9.84. The van der Waals surface area contributed by atoms with Gasteiger partial charge in [0.15, 0.2) is 4.87 Å². The second kappa shape index (κ2) is 7.17. The van der Waals surface area contributed by atoms with Gasteiger partial charge in [-0.05, 0) is 43.5 Å². The fourth-order valence-electron chi connectivity index (χ4n) is 4.70. The number of hydrogen-bond acceptors (Lipinski definition) is 4. The molecule has 3 aliphatic rings. The molecule has 0 radical (unpaired) electrons. The molecule has 5 rings (SSSR count). The van der Waals surface area contributed by atoms with Crippen LogP contribution in [0.15, 0.2) is 42.5 Å². The molecular weight excluding hydrogens is 394 g/mol. The molecular formula is C24H23N3O2S. The van der Waals surface area contributed by atoms with Crippen molar-refractivity contribution in [1.29, 1.82) is 5.26 Å². The third-order valence-electron chi connectivity index (χ3n) is 6.47. The zero-order valence-electron chi connectivity index (χ0n) is 16.9. The lowest BCUT2D eigenvalue weighted by Gasteiger charge is -2.37. The molecule has 0 bridgehead atoms. The van der Waals surface area contributed by atoms with Gasteiger partial charge in [-0.2, -0.15) is 5.26 Å². The number of carbonyl (C=O) groups excluding carboxylic acids is 2. The number of carbonyl (C=O) groups is 2. The van der Waals surface area contributed by atoms with E-state index in [0.29, 0.717) is 18.7 Å². The predicted molar refractivity (Wildman–Crippen MR) is 117 cm³/mol. The lowest BCUT2D eigenvalue weighted by molar-refractivity contribution is -0.145. The van der Waals surface area contributed by atoms with Crippen molar-refractivity contribution in [2.24, 2.45) is 5.92 Å². The van der Waals surface area contributed by atoms with Crippen LogP contribution in [0.2, 0.25) is 0 Å². The molecule has 1 saturated carbocycles. The lowest BCUT2D eigenvalue weighted by Crippen LogP contribution is -2.52. The topological polar surface area (TPSA) is 64.4 Å². The SMILES string of the molecule is Cc1ccc2c(c1)C1(SCCN1C(=O)C1CCC1)C(=O)N2Cc1cccc(C#N)c1. The maximum atomic E-state index is 13.9. The van der Waals surface area contributed by atoms with E-state index < -0.39 is 4.87 Å². The number of rotatable bonds is 3. The van der Waals surface area contributed by atoms with Gasteiger partial charge in [-0.15, -0.1) is 11.8 Å². The third kappa shape index (κ3) is 2.76. The van der Waals surface area contributed by atoms with Crippen molar-refractivity contribution < 1.29 is 9.59 Å². The Morgan fingerprint density at radius 2 is 2.10 bits per heavy atom. The maximum Gasteiger partial charge on any atom is 0.268 e. The van der Waals surface area contributed by atoms with E-state index in [9.17, 15) is 14.9 Å². The number of nitrogens with zero attached hydrogens (tertiary/aromatic N) is 3. The van der Waals surface area contributed by atoms with Crippen molar-refractivity contribution >= 4 is 29.3 Å². The minimum Gasteiger partial charge on any atom is -0.315 e. The summed E-state index contributed by atoms with van der Waals surface area (Å²) in [5, 5.41) is 9.23. The first kappa shape index (κ1) is 19.2. The summed E-state index contributed by atoms with van der Waals surface area (Å²) in [5.74, 6) is 0.902. The molecule has 1 unspecified atom stereocenters. The Balaban J connectivity index is 1.58. The molecule has 1 spiro atoms. The number of benzene rings is 2. The molecule has 2 amide bonds. The van der Waals surface area contributed by atoms with Gasteiger partial charge in [0.1, 0.15) is 0 Å². The van der Waals surface area contributed by atoms with Crippen molar-refractivity contribution in [2.45, 2.75) is 37.6 Å². The maximum absolute atomic E-state index is 13.9. The van der Waals surface area contributed by atoms with Gasteiger partial charge in [0.25, 0.3) is 5.91 Å². The Bertz CT molecular complexity index is 1090. The molecule has 30 heavy (non-hydrogen) atoms. The summed E-state index contributed by atoms with van der Waals surface area (Å²) in [6.07, 6.45) is 2.95. The Morgan fingerprint density at radius 3 is 2.83 bits per heavy atom. The van der Waals surface area contributed by atoms with E-state index in [2.05, 4.69) is 12.1 Å². The predicted octanol–water partition coefficient (Wildman–Crippen LogP) is 3.94. The molecule has 152 valence electrons. The van der Waals surface area contributed by atoms with E-state index in [1.54, 1.807) is 22.7 Å². The van der Waals surface area contributed by atoms with Crippen LogP contribution in [0.4, 0.5) is 5.69 Å². The molecule has 0 aromatic heterocycles. The van der Waals surface area contributed by atoms with Crippen LogP contribution >= 0.6 is 11.8 Å². The molecule has 2 aliphatic heterocycles. The van der Waals surface area contributed by atoms with Gasteiger partial charge >= 0.3 is 0 Å². The largest absolute Gasteiger partial charge is 0.315 e. The second-order valence-corrected chi connectivity index (χ2v) is 9.62. The monoisotopic (exact) mass is 417 g/mol. The number of amides is 2. The molecule has 1 saturated heterocycles. The van der Waals surface area contributed by atoms with Crippen LogP contribution in [0.25, 0.3) is 0 Å². The van der Waals surface area contributed by atoms with Crippen molar-refractivity contribution in [3.63, 3.8) is 0 Å². The summed E-state index contributed by atoms with van der Waals surface area (Å²) in [5.41, 5.74) is 4.37. The van der Waals surface area contributed by atoms with Crippen LogP contribution in [0.3, 0.4) is 0 Å². The highest BCUT2D eigenvalue weighted by Crippen LogP contribution is 2.55. The van der Waals surface area contributed by atoms with Gasteiger partial charge in [-0.1, -0.05) is 36.2 Å². The van der Waals surface area contributed by atoms with Gasteiger partial charge in [0.2, 0.25) is 5.91 Å². The normalized spacial score (nSPS) is 22.9. The Hall–Kier alpha value is -2.78. The zero-order chi connectivity index (χ0) is 20.9. The first-order chi connectivity index (χ1) is 14.5. The summed E-state index contributed by atoms with van der Waals surface area (Å²) in [4.78, 5) is 29.9. The average molecular weight is 418 g/mol. The number of fused-ring (bicyclic) bond motifs is 2. The van der Waals surface area contributed by atoms with Crippen LogP contribution < -0.4 is 4.90 Å². The first-order valence-corrected chi connectivity index (χ1v) is 11.4. The molecule has 2 aromatic carbocycles. The van der Waals surface area contributed by atoms with E-state index in [1.807, 2.05) is 42.2 Å². The summed E-state index contributed by atoms with van der Waals surface area (Å²) < 4.78 is 0. The fraction of sp³-hybridized carbons (Fsp3) is 0.375. The third-order valence-corrected chi connectivity index (χ3v) is 7.89. The Morgan fingerprint density at radius 1 is 1.27 bits per heavy atom. The number of thioether (sulfide) groups is 1. The molecule has 2 heterocycles. The molecule has 1 aliphatic carbocycles. The van der Waals surface area contributed by atoms with Crippen molar-refractivity contribution in [3.05, 3.63) is 64.7 Å². The van der Waals surface area contributed by atoms with Gasteiger partial charge in [0.05, 0.1) is 23.9 Å². The van der Waals surface area contributed by atoms with Gasteiger partial charge < -0.3 is 9.80 Å². The molecule has 1 atom stereocenters. The highest BCUT2D eigenvalue weighted by atomic mass is 32.2. The van der Waals surface area contributed by atoms with Crippen LogP contribution in [0, 0.1) is 24.2 Å². The van der Waals surface area contributed by atoms with Crippen LogP contribution in [0.1, 0.15) is 41.5 Å². The quantitative estimate of drug-likeness (QED) is 0.759. The highest BCUT2D eigenvalue weighted by Gasteiger charge is 2.60. The van der Waals surface area contributed by atoms with Gasteiger partial charge in [-0.25, -0.2) is 0 Å². The molecule has 2 fully saturated rings. The van der Waals surface area contributed by atoms with Gasteiger partial charge in [0, 0.05) is 23.8 Å². The fourth-order valence-corrected chi connectivity index (χ4v) is 6.16. The minimum absolute atomic E-state index is 0.0411. The summed E-state index contributed by atoms with van der Waals surface area (Å²) in [6.45, 7) is 3.02. The molecule has 5 nitrogen and oxygen atoms in total. The first-order valence-electron chi connectivity index (χ1n) is 10.4. The average Bonchev–Trinajstić information content (AvgIpc) is 3.24. The summed E-state index contributed by atoms with van der Waals surface area (Å²) in [6, 6.07) is 15.6.